The summed E-state index contributed by atoms with van der Waals surface area (Å²) < 4.78 is 69.2. The van der Waals surface area contributed by atoms with Gasteiger partial charge in [-0.05, 0) is 64.9 Å². The van der Waals surface area contributed by atoms with Crippen LogP contribution >= 0.6 is 11.3 Å². The van der Waals surface area contributed by atoms with Crippen molar-refractivity contribution < 1.29 is 31.2 Å². The summed E-state index contributed by atoms with van der Waals surface area (Å²) >= 11 is 1.52. The second-order valence-electron chi connectivity index (χ2n) is 8.08. The number of nitrogens with zero attached hydrogens (tertiary/aromatic N) is 1. The normalized spacial score (nSPS) is 12.2. The largest absolute Gasteiger partial charge is 0.329 e. The number of sulfonamides is 1. The fraction of sp³-hybridized carbons (Fsp3) is 0.120. The zero-order valence-corrected chi connectivity index (χ0v) is 20.9. The summed E-state index contributed by atoms with van der Waals surface area (Å²) in [6.07, 6.45) is -0.355. The van der Waals surface area contributed by atoms with E-state index in [0.29, 0.717) is 11.8 Å². The maximum atomic E-state index is 14.0. The number of hydrogen-bond donors (Lipinski definition) is 2. The number of hydrogen-bond acceptors (Lipinski definition) is 5. The highest BCUT2D eigenvalue weighted by Gasteiger charge is 2.28. The number of halogens is 3. The summed E-state index contributed by atoms with van der Waals surface area (Å²) in [5.41, 5.74) is 0.530. The lowest BCUT2D eigenvalue weighted by atomic mass is 10.0. The van der Waals surface area contributed by atoms with E-state index in [1.54, 1.807) is 16.9 Å². The minimum Gasteiger partial charge on any atom is -0.325 e. The van der Waals surface area contributed by atoms with Crippen LogP contribution in [-0.4, -0.2) is 33.4 Å². The Balaban J connectivity index is 1.60. The number of thiophene rings is 1. The van der Waals surface area contributed by atoms with Gasteiger partial charge in [0.1, 0.15) is 28.4 Å². The Morgan fingerprint density at radius 1 is 0.973 bits per heavy atom. The summed E-state index contributed by atoms with van der Waals surface area (Å²) in [6.45, 7) is 0. The molecule has 1 heterocycles. The van der Waals surface area contributed by atoms with Crippen molar-refractivity contribution in [3.8, 4) is 0 Å². The third-order valence-corrected chi connectivity index (χ3v) is 7.73. The first kappa shape index (κ1) is 26.2. The lowest BCUT2D eigenvalue weighted by Crippen LogP contribution is -2.52. The number of benzene rings is 3. The van der Waals surface area contributed by atoms with Crippen LogP contribution in [0.5, 0.6) is 0 Å². The Labute approximate surface area is 214 Å². The Bertz CT molecular complexity index is 1570. The first-order valence-electron chi connectivity index (χ1n) is 10.8. The van der Waals surface area contributed by atoms with E-state index in [0.717, 1.165) is 34.4 Å². The Morgan fingerprint density at radius 2 is 1.68 bits per heavy atom. The first-order valence-corrected chi connectivity index (χ1v) is 13.2. The molecule has 0 radical (unpaired) electrons. The van der Waals surface area contributed by atoms with Gasteiger partial charge in [0.2, 0.25) is 5.91 Å². The molecule has 0 unspecified atom stereocenters. The lowest BCUT2D eigenvalue weighted by Gasteiger charge is -2.25. The van der Waals surface area contributed by atoms with E-state index in [1.807, 2.05) is 17.5 Å². The number of fused-ring (bicyclic) bond motifs is 1. The van der Waals surface area contributed by atoms with Crippen LogP contribution in [0.15, 0.2) is 77.0 Å². The molecular formula is C25H20F3N3O4S2. The van der Waals surface area contributed by atoms with Crippen molar-refractivity contribution >= 4 is 49.1 Å². The predicted octanol–water partition coefficient (Wildman–Crippen LogP) is 4.58. The zero-order chi connectivity index (χ0) is 26.7. The molecule has 1 aromatic heterocycles. The molecule has 1 atom stereocenters. The summed E-state index contributed by atoms with van der Waals surface area (Å²) in [7, 11) is -3.17. The number of urea groups is 1. The van der Waals surface area contributed by atoms with Crippen molar-refractivity contribution in [3.63, 3.8) is 0 Å². The van der Waals surface area contributed by atoms with E-state index in [2.05, 4.69) is 5.32 Å². The van der Waals surface area contributed by atoms with Gasteiger partial charge >= 0.3 is 6.03 Å². The number of amides is 3. The topological polar surface area (TPSA) is 95.6 Å². The number of rotatable bonds is 7. The summed E-state index contributed by atoms with van der Waals surface area (Å²) in [6, 6.07) is 11.5. The molecule has 0 saturated heterocycles. The Kier molecular flexibility index (Phi) is 7.50. The van der Waals surface area contributed by atoms with Crippen molar-refractivity contribution in [2.75, 3.05) is 11.9 Å². The average Bonchev–Trinajstić information content (AvgIpc) is 3.30. The molecule has 0 fully saturated rings. The molecule has 7 nitrogen and oxygen atoms in total. The SMILES string of the molecule is CN(C(=O)[C@H](Cc1cc(F)cc(F)c1)NC(=O)NS(=O)(=O)c1ccccc1F)c1ccc2sccc2c1. The van der Waals surface area contributed by atoms with Gasteiger partial charge in [-0.2, -0.15) is 0 Å². The summed E-state index contributed by atoms with van der Waals surface area (Å²) in [4.78, 5) is 26.5. The predicted molar refractivity (Wildman–Crippen MR) is 134 cm³/mol. The van der Waals surface area contributed by atoms with Crippen molar-refractivity contribution in [2.24, 2.45) is 0 Å². The van der Waals surface area contributed by atoms with E-state index < -0.39 is 50.4 Å². The molecule has 3 amide bonds. The molecule has 192 valence electrons. The van der Waals surface area contributed by atoms with Gasteiger partial charge in [-0.1, -0.05) is 12.1 Å². The monoisotopic (exact) mass is 547 g/mol. The molecule has 4 aromatic rings. The molecule has 3 aromatic carbocycles. The van der Waals surface area contributed by atoms with Crippen LogP contribution in [0, 0.1) is 17.5 Å². The number of carbonyl (C=O) groups excluding carboxylic acids is 2. The van der Waals surface area contributed by atoms with E-state index >= 15 is 0 Å². The molecule has 2 N–H and O–H groups in total. The minimum absolute atomic E-state index is 0.0507. The molecular weight excluding hydrogens is 527 g/mol. The van der Waals surface area contributed by atoms with Crippen molar-refractivity contribution in [1.82, 2.24) is 10.0 Å². The van der Waals surface area contributed by atoms with Crippen LogP contribution in [0.2, 0.25) is 0 Å². The molecule has 12 heteroatoms. The number of anilines is 1. The van der Waals surface area contributed by atoms with Crippen LogP contribution in [0.1, 0.15) is 5.56 Å². The van der Waals surface area contributed by atoms with Crippen molar-refractivity contribution in [1.29, 1.82) is 0 Å². The van der Waals surface area contributed by atoms with Crippen LogP contribution in [-0.2, 0) is 21.2 Å². The third kappa shape index (κ3) is 6.09. The van der Waals surface area contributed by atoms with Crippen LogP contribution in [0.4, 0.5) is 23.7 Å². The maximum absolute atomic E-state index is 14.0. The minimum atomic E-state index is -4.62. The van der Waals surface area contributed by atoms with Gasteiger partial charge in [0.15, 0.2) is 0 Å². The van der Waals surface area contributed by atoms with Crippen molar-refractivity contribution in [3.05, 3.63) is 95.1 Å². The van der Waals surface area contributed by atoms with Gasteiger partial charge in [0, 0.05) is 29.9 Å². The smallest absolute Gasteiger partial charge is 0.325 e. The highest BCUT2D eigenvalue weighted by atomic mass is 32.2. The van der Waals surface area contributed by atoms with Gasteiger partial charge in [-0.3, -0.25) is 4.79 Å². The molecule has 0 bridgehead atoms. The second-order valence-corrected chi connectivity index (χ2v) is 10.7. The third-order valence-electron chi connectivity index (χ3n) is 5.47. The number of nitrogens with one attached hydrogen (secondary N) is 2. The van der Waals surface area contributed by atoms with Gasteiger partial charge in [-0.25, -0.2) is 31.1 Å². The van der Waals surface area contributed by atoms with Crippen molar-refractivity contribution in [2.45, 2.75) is 17.4 Å². The number of carbonyl (C=O) groups is 2. The Morgan fingerprint density at radius 3 is 2.38 bits per heavy atom. The molecule has 0 spiro atoms. The van der Waals surface area contributed by atoms with Crippen LogP contribution < -0.4 is 14.9 Å². The van der Waals surface area contributed by atoms with E-state index in [1.165, 1.54) is 35.4 Å². The van der Waals surface area contributed by atoms with Gasteiger partial charge < -0.3 is 10.2 Å². The molecule has 0 aliphatic rings. The Hall–Kier alpha value is -3.90. The highest BCUT2D eigenvalue weighted by Crippen LogP contribution is 2.26. The number of likely N-dealkylation sites (N-methyl/N-ethyl adjacent to an activating group) is 1. The lowest BCUT2D eigenvalue weighted by molar-refractivity contribution is -0.120. The van der Waals surface area contributed by atoms with Gasteiger partial charge in [-0.15, -0.1) is 11.3 Å². The summed E-state index contributed by atoms with van der Waals surface area (Å²) in [5, 5.41) is 5.02. The fourth-order valence-electron chi connectivity index (χ4n) is 3.72. The van der Waals surface area contributed by atoms with E-state index in [-0.39, 0.29) is 12.0 Å². The standard InChI is InChI=1S/C25H20F3N3O4S2/c1-31(19-6-7-22-16(13-19)8-9-36-22)24(32)21(12-15-10-17(26)14-18(27)11-15)29-25(33)30-37(34,35)23-5-3-2-4-20(23)28/h2-11,13-14,21H,12H2,1H3,(H2,29,30,33)/t21-/m0/s1. The summed E-state index contributed by atoms with van der Waals surface area (Å²) in [5.74, 6) is -3.53. The van der Waals surface area contributed by atoms with E-state index in [9.17, 15) is 31.2 Å². The van der Waals surface area contributed by atoms with Crippen LogP contribution in [0.25, 0.3) is 10.1 Å². The first-order chi connectivity index (χ1) is 17.5. The van der Waals surface area contributed by atoms with Gasteiger partial charge in [0.05, 0.1) is 0 Å². The second kappa shape index (κ2) is 10.6. The highest BCUT2D eigenvalue weighted by molar-refractivity contribution is 7.90. The quantitative estimate of drug-likeness (QED) is 0.354. The maximum Gasteiger partial charge on any atom is 0.329 e. The molecule has 0 saturated carbocycles. The molecule has 0 aliphatic carbocycles. The van der Waals surface area contributed by atoms with Gasteiger partial charge in [0.25, 0.3) is 10.0 Å². The molecule has 37 heavy (non-hydrogen) atoms. The van der Waals surface area contributed by atoms with E-state index in [4.69, 9.17) is 0 Å². The zero-order valence-electron chi connectivity index (χ0n) is 19.2. The van der Waals surface area contributed by atoms with Crippen LogP contribution in [0.3, 0.4) is 0 Å². The fourth-order valence-corrected chi connectivity index (χ4v) is 5.48. The average molecular weight is 548 g/mol. The molecule has 4 rings (SSSR count). The molecule has 0 aliphatic heterocycles.